The first-order valence-electron chi connectivity index (χ1n) is 11.3. The quantitative estimate of drug-likeness (QED) is 0.420. The Morgan fingerprint density at radius 3 is 2.31 bits per heavy atom. The molecule has 35 heavy (non-hydrogen) atoms. The van der Waals surface area contributed by atoms with Crippen LogP contribution in [0.5, 0.6) is 0 Å². The predicted molar refractivity (Wildman–Crippen MR) is 138 cm³/mol. The lowest BCUT2D eigenvalue weighted by Crippen LogP contribution is -2.53. The number of carbonyl (C=O) groups excluding carboxylic acids is 2. The number of nitrogens with one attached hydrogen (secondary N) is 2. The van der Waals surface area contributed by atoms with E-state index in [4.69, 9.17) is 23.2 Å². The first-order valence-corrected chi connectivity index (χ1v) is 13.3. The van der Waals surface area contributed by atoms with Gasteiger partial charge < -0.3 is 15.7 Å². The van der Waals surface area contributed by atoms with Gasteiger partial charge in [-0.3, -0.25) is 14.6 Å². The van der Waals surface area contributed by atoms with Crippen LogP contribution in [0.25, 0.3) is 0 Å². The molecule has 1 amide bonds. The summed E-state index contributed by atoms with van der Waals surface area (Å²) in [4.78, 5) is 42.0. The molecule has 2 aliphatic rings. The molecule has 3 N–H and O–H groups in total. The Morgan fingerprint density at radius 1 is 1.11 bits per heavy atom. The van der Waals surface area contributed by atoms with Gasteiger partial charge in [-0.15, -0.1) is 11.8 Å². The molecule has 1 unspecified atom stereocenters. The summed E-state index contributed by atoms with van der Waals surface area (Å²) >= 11 is 13.5. The molecule has 0 saturated heterocycles. The van der Waals surface area contributed by atoms with E-state index in [2.05, 4.69) is 15.6 Å². The lowest BCUT2D eigenvalue weighted by molar-refractivity contribution is -0.140. The number of aliphatic carboxylic acids is 1. The van der Waals surface area contributed by atoms with Crippen LogP contribution in [0, 0.1) is 5.41 Å². The summed E-state index contributed by atoms with van der Waals surface area (Å²) in [5, 5.41) is 16.1. The topological polar surface area (TPSA) is 108 Å². The zero-order valence-electron chi connectivity index (χ0n) is 19.1. The molecule has 0 bridgehead atoms. The minimum atomic E-state index is -0.984. The predicted octanol–water partition coefficient (Wildman–Crippen LogP) is 5.33. The van der Waals surface area contributed by atoms with Crippen LogP contribution in [0.2, 0.25) is 10.0 Å². The van der Waals surface area contributed by atoms with Crippen molar-refractivity contribution in [2.45, 2.75) is 44.6 Å². The molecule has 2 aromatic rings. The summed E-state index contributed by atoms with van der Waals surface area (Å²) in [6, 6.07) is 6.02. The van der Waals surface area contributed by atoms with Crippen LogP contribution in [0.4, 0.5) is 5.69 Å². The molecule has 1 saturated carbocycles. The van der Waals surface area contributed by atoms with Gasteiger partial charge in [0.2, 0.25) is 0 Å². The second-order valence-corrected chi connectivity index (χ2v) is 10.4. The number of aromatic nitrogens is 1. The molecule has 1 aromatic heterocycles. The van der Waals surface area contributed by atoms with Crippen LogP contribution in [-0.4, -0.2) is 40.0 Å². The minimum absolute atomic E-state index is 0.132. The molecule has 1 spiro atoms. The van der Waals surface area contributed by atoms with E-state index >= 15 is 0 Å². The zero-order valence-corrected chi connectivity index (χ0v) is 21.4. The summed E-state index contributed by atoms with van der Waals surface area (Å²) < 4.78 is 0. The number of carboxylic acids is 1. The molecule has 0 aliphatic heterocycles. The maximum atomic E-state index is 12.8. The summed E-state index contributed by atoms with van der Waals surface area (Å²) in [6.07, 6.45) is 9.33. The number of carboxylic acid groups (broad SMARTS) is 1. The molecule has 0 radical (unpaired) electrons. The van der Waals surface area contributed by atoms with E-state index in [1.54, 1.807) is 24.3 Å². The first-order chi connectivity index (χ1) is 16.8. The Bertz CT molecular complexity index is 1170. The van der Waals surface area contributed by atoms with E-state index < -0.39 is 23.3 Å². The number of pyridine rings is 1. The summed E-state index contributed by atoms with van der Waals surface area (Å²) in [5.74, 6) is -1.31. The van der Waals surface area contributed by atoms with Gasteiger partial charge in [0.25, 0.3) is 5.91 Å². The maximum absolute atomic E-state index is 12.8. The Labute approximate surface area is 217 Å². The molecule has 1 heterocycles. The number of allylic oxidation sites excluding steroid dienone is 2. The highest BCUT2D eigenvalue weighted by Gasteiger charge is 2.54. The van der Waals surface area contributed by atoms with E-state index in [1.165, 1.54) is 24.2 Å². The fourth-order valence-corrected chi connectivity index (χ4v) is 6.16. The number of hydrogen-bond donors (Lipinski definition) is 3. The lowest BCUT2D eigenvalue weighted by atomic mass is 9.62. The van der Waals surface area contributed by atoms with Gasteiger partial charge in [0.1, 0.15) is 6.04 Å². The number of benzene rings is 1. The van der Waals surface area contributed by atoms with Crippen molar-refractivity contribution in [2.75, 3.05) is 11.6 Å². The molecular formula is C25H25Cl2N3O4S. The molecule has 10 heteroatoms. The number of carbonyl (C=O) groups is 3. The number of thioether (sulfide) groups is 1. The molecule has 184 valence electrons. The number of halogens is 2. The van der Waals surface area contributed by atoms with Crippen molar-refractivity contribution in [3.8, 4) is 0 Å². The molecule has 1 atom stereocenters. The third kappa shape index (κ3) is 5.06. The fourth-order valence-electron chi connectivity index (χ4n) is 4.79. The van der Waals surface area contributed by atoms with Crippen LogP contribution >= 0.6 is 35.0 Å². The third-order valence-corrected chi connectivity index (χ3v) is 7.98. The highest BCUT2D eigenvalue weighted by molar-refractivity contribution is 8.03. The largest absolute Gasteiger partial charge is 0.480 e. The van der Waals surface area contributed by atoms with Crippen molar-refractivity contribution < 1.29 is 19.5 Å². The van der Waals surface area contributed by atoms with Gasteiger partial charge in [-0.2, -0.15) is 0 Å². The van der Waals surface area contributed by atoms with E-state index in [0.29, 0.717) is 10.6 Å². The minimum Gasteiger partial charge on any atom is -0.480 e. The van der Waals surface area contributed by atoms with Gasteiger partial charge in [0.15, 0.2) is 5.78 Å². The van der Waals surface area contributed by atoms with Crippen LogP contribution in [0.15, 0.2) is 47.3 Å². The summed E-state index contributed by atoms with van der Waals surface area (Å²) in [6.45, 7) is 0. The first kappa shape index (κ1) is 25.5. The number of hydrogen-bond acceptors (Lipinski definition) is 6. The van der Waals surface area contributed by atoms with Crippen molar-refractivity contribution in [1.29, 1.82) is 0 Å². The highest BCUT2D eigenvalue weighted by Crippen LogP contribution is 2.54. The van der Waals surface area contributed by atoms with Crippen molar-refractivity contribution in [3.63, 3.8) is 0 Å². The average molecular weight is 534 g/mol. The molecule has 7 nitrogen and oxygen atoms in total. The summed E-state index contributed by atoms with van der Waals surface area (Å²) in [5.41, 5.74) is 1.66. The van der Waals surface area contributed by atoms with Gasteiger partial charge in [0, 0.05) is 30.2 Å². The van der Waals surface area contributed by atoms with Crippen molar-refractivity contribution in [3.05, 3.63) is 68.4 Å². The van der Waals surface area contributed by atoms with Gasteiger partial charge in [-0.25, -0.2) is 4.79 Å². The smallest absolute Gasteiger partial charge is 0.326 e. The van der Waals surface area contributed by atoms with Gasteiger partial charge >= 0.3 is 5.97 Å². The normalized spacial score (nSPS) is 17.6. The van der Waals surface area contributed by atoms with E-state index in [0.717, 1.165) is 43.4 Å². The standard InChI is InChI=1S/C25H25Cl2N3O4S/c1-35-20-21(25(22(20)31)9-3-2-4-10-25)30-18(24(33)34)11-14-5-7-15(8-6-14)29-23(32)19-16(26)12-28-13-17(19)27/h5-8,12-13,18,30H,2-4,9-11H2,1H3,(H,29,32)(H,33,34). The summed E-state index contributed by atoms with van der Waals surface area (Å²) in [7, 11) is 0. The Morgan fingerprint density at radius 2 is 1.74 bits per heavy atom. The van der Waals surface area contributed by atoms with Gasteiger partial charge in [-0.1, -0.05) is 54.6 Å². The number of Topliss-reactive ketones (excluding diaryl/α,β-unsaturated/α-hetero) is 1. The Hall–Kier alpha value is -2.55. The second-order valence-electron chi connectivity index (χ2n) is 8.75. The van der Waals surface area contributed by atoms with E-state index in [-0.39, 0.29) is 27.8 Å². The number of nitrogens with zero attached hydrogens (tertiary/aromatic N) is 1. The molecule has 1 aromatic carbocycles. The monoisotopic (exact) mass is 533 g/mol. The number of amides is 1. The van der Waals surface area contributed by atoms with Crippen LogP contribution in [-0.2, 0) is 16.0 Å². The van der Waals surface area contributed by atoms with Crippen LogP contribution in [0.3, 0.4) is 0 Å². The Kier molecular flexibility index (Phi) is 7.73. The van der Waals surface area contributed by atoms with Gasteiger partial charge in [-0.05, 0) is 36.8 Å². The van der Waals surface area contributed by atoms with Crippen molar-refractivity contribution in [1.82, 2.24) is 10.3 Å². The van der Waals surface area contributed by atoms with E-state index in [9.17, 15) is 19.5 Å². The number of ketones is 1. The SMILES string of the molecule is CSC1=C(NC(Cc2ccc(NC(=O)c3c(Cl)cncc3Cl)cc2)C(=O)O)C2(CCCCC2)C1=O. The highest BCUT2D eigenvalue weighted by atomic mass is 35.5. The zero-order chi connectivity index (χ0) is 25.2. The fraction of sp³-hybridized carbons (Fsp3) is 0.360. The van der Waals surface area contributed by atoms with Crippen LogP contribution in [0.1, 0.15) is 48.0 Å². The van der Waals surface area contributed by atoms with Gasteiger partial charge in [0.05, 0.1) is 25.9 Å². The average Bonchev–Trinajstić information content (AvgIpc) is 2.84. The molecular weight excluding hydrogens is 509 g/mol. The lowest BCUT2D eigenvalue weighted by Gasteiger charge is -2.47. The second kappa shape index (κ2) is 10.6. The molecule has 4 rings (SSSR count). The van der Waals surface area contributed by atoms with Crippen molar-refractivity contribution in [2.24, 2.45) is 5.41 Å². The third-order valence-electron chi connectivity index (χ3n) is 6.61. The molecule has 1 fully saturated rings. The maximum Gasteiger partial charge on any atom is 0.326 e. The molecule has 2 aliphatic carbocycles. The number of anilines is 1. The number of rotatable bonds is 8. The van der Waals surface area contributed by atoms with Crippen molar-refractivity contribution >= 4 is 58.3 Å². The van der Waals surface area contributed by atoms with E-state index in [1.807, 2.05) is 6.26 Å². The Balaban J connectivity index is 1.46. The van der Waals surface area contributed by atoms with Crippen LogP contribution < -0.4 is 10.6 Å².